The standard InChI is InChI=1S/C14H14O3S.C7H8/c15-18(16,12-14-9-5-2-6-10-14)17-11-13-7-3-1-4-8-13;1-7-5-3-2-4-6-7/h1-10H,11-12H2;2-6H,1H3. The van der Waals surface area contributed by atoms with Crippen molar-refractivity contribution < 1.29 is 12.6 Å². The molecule has 0 N–H and O–H groups in total. The predicted octanol–water partition coefficient (Wildman–Crippen LogP) is 4.73. The minimum absolute atomic E-state index is 0.0794. The van der Waals surface area contributed by atoms with Crippen LogP contribution in [0.5, 0.6) is 0 Å². The molecule has 0 saturated heterocycles. The number of benzene rings is 3. The number of rotatable bonds is 5. The lowest BCUT2D eigenvalue weighted by atomic mass is 10.2. The Morgan fingerprint density at radius 3 is 1.56 bits per heavy atom. The Morgan fingerprint density at radius 1 is 0.680 bits per heavy atom. The molecule has 0 unspecified atom stereocenters. The van der Waals surface area contributed by atoms with Crippen LogP contribution in [0.2, 0.25) is 0 Å². The van der Waals surface area contributed by atoms with Crippen LogP contribution < -0.4 is 0 Å². The normalized spacial score (nSPS) is 10.6. The monoisotopic (exact) mass is 354 g/mol. The smallest absolute Gasteiger partial charge is 0.265 e. The molecule has 0 fully saturated rings. The van der Waals surface area contributed by atoms with Crippen molar-refractivity contribution in [2.75, 3.05) is 0 Å². The highest BCUT2D eigenvalue weighted by atomic mass is 32.2. The van der Waals surface area contributed by atoms with Crippen LogP contribution in [0.1, 0.15) is 16.7 Å². The summed E-state index contributed by atoms with van der Waals surface area (Å²) >= 11 is 0. The molecule has 0 spiro atoms. The Bertz CT molecular complexity index is 830. The van der Waals surface area contributed by atoms with Gasteiger partial charge in [-0.15, -0.1) is 0 Å². The van der Waals surface area contributed by atoms with E-state index in [0.717, 1.165) is 11.1 Å². The van der Waals surface area contributed by atoms with E-state index in [1.165, 1.54) is 5.56 Å². The van der Waals surface area contributed by atoms with Crippen LogP contribution in [0.4, 0.5) is 0 Å². The van der Waals surface area contributed by atoms with Crippen LogP contribution in [-0.4, -0.2) is 8.42 Å². The van der Waals surface area contributed by atoms with E-state index in [4.69, 9.17) is 4.18 Å². The zero-order valence-electron chi connectivity index (χ0n) is 14.2. The second-order valence-electron chi connectivity index (χ2n) is 5.59. The number of hydrogen-bond donors (Lipinski definition) is 0. The second kappa shape index (κ2) is 9.77. The molecule has 0 heterocycles. The van der Waals surface area contributed by atoms with Gasteiger partial charge in [-0.1, -0.05) is 96.6 Å². The largest absolute Gasteiger partial charge is 0.271 e. The van der Waals surface area contributed by atoms with Crippen molar-refractivity contribution in [2.24, 2.45) is 0 Å². The molecule has 0 radical (unpaired) electrons. The molecule has 4 heteroatoms. The molecule has 0 aromatic heterocycles. The van der Waals surface area contributed by atoms with Crippen LogP contribution in [-0.2, 0) is 26.7 Å². The third-order valence-electron chi connectivity index (χ3n) is 3.37. The van der Waals surface area contributed by atoms with Gasteiger partial charge in [-0.05, 0) is 18.1 Å². The van der Waals surface area contributed by atoms with E-state index >= 15 is 0 Å². The molecule has 0 amide bonds. The van der Waals surface area contributed by atoms with Gasteiger partial charge >= 0.3 is 0 Å². The highest BCUT2D eigenvalue weighted by molar-refractivity contribution is 7.85. The van der Waals surface area contributed by atoms with Crippen LogP contribution in [0.3, 0.4) is 0 Å². The topological polar surface area (TPSA) is 43.4 Å². The second-order valence-corrected chi connectivity index (χ2v) is 7.23. The van der Waals surface area contributed by atoms with Crippen molar-refractivity contribution in [3.63, 3.8) is 0 Å². The summed E-state index contributed by atoms with van der Waals surface area (Å²) in [5.41, 5.74) is 2.89. The van der Waals surface area contributed by atoms with Crippen molar-refractivity contribution in [1.82, 2.24) is 0 Å². The molecular formula is C21H22O3S. The molecule has 3 nitrogen and oxygen atoms in total. The Labute approximate surface area is 150 Å². The summed E-state index contributed by atoms with van der Waals surface area (Å²) in [5, 5.41) is 0. The van der Waals surface area contributed by atoms with E-state index in [1.54, 1.807) is 12.1 Å². The van der Waals surface area contributed by atoms with E-state index in [-0.39, 0.29) is 12.4 Å². The average molecular weight is 354 g/mol. The molecule has 0 aliphatic heterocycles. The van der Waals surface area contributed by atoms with Gasteiger partial charge in [0.15, 0.2) is 0 Å². The van der Waals surface area contributed by atoms with E-state index in [9.17, 15) is 8.42 Å². The highest BCUT2D eigenvalue weighted by Crippen LogP contribution is 2.10. The van der Waals surface area contributed by atoms with E-state index in [2.05, 4.69) is 19.1 Å². The number of hydrogen-bond acceptors (Lipinski definition) is 3. The summed E-state index contributed by atoms with van der Waals surface area (Å²) in [4.78, 5) is 0. The first-order valence-electron chi connectivity index (χ1n) is 8.02. The fraction of sp³-hybridized carbons (Fsp3) is 0.143. The molecular weight excluding hydrogens is 332 g/mol. The summed E-state index contributed by atoms with van der Waals surface area (Å²) in [6.45, 7) is 2.16. The summed E-state index contributed by atoms with van der Waals surface area (Å²) in [6, 6.07) is 28.5. The molecule has 0 aliphatic carbocycles. The first kappa shape index (κ1) is 18.9. The van der Waals surface area contributed by atoms with E-state index in [1.807, 2.05) is 66.7 Å². The lowest BCUT2D eigenvalue weighted by Crippen LogP contribution is -2.08. The van der Waals surface area contributed by atoms with Gasteiger partial charge in [0.05, 0.1) is 6.61 Å². The van der Waals surface area contributed by atoms with Gasteiger partial charge in [0.25, 0.3) is 10.1 Å². The Hall–Kier alpha value is -2.43. The molecule has 25 heavy (non-hydrogen) atoms. The van der Waals surface area contributed by atoms with Crippen LogP contribution in [0.15, 0.2) is 91.0 Å². The lowest BCUT2D eigenvalue weighted by molar-refractivity contribution is 0.307. The first-order valence-corrected chi connectivity index (χ1v) is 9.59. The fourth-order valence-electron chi connectivity index (χ4n) is 2.09. The molecule has 130 valence electrons. The first-order chi connectivity index (χ1) is 12.1. The molecule has 3 rings (SSSR count). The van der Waals surface area contributed by atoms with Gasteiger partial charge < -0.3 is 0 Å². The van der Waals surface area contributed by atoms with Gasteiger partial charge in [0.2, 0.25) is 0 Å². The zero-order valence-corrected chi connectivity index (χ0v) is 15.0. The molecule has 0 aliphatic rings. The molecule has 0 saturated carbocycles. The Morgan fingerprint density at radius 2 is 1.12 bits per heavy atom. The minimum Gasteiger partial charge on any atom is -0.265 e. The van der Waals surface area contributed by atoms with Gasteiger partial charge in [-0.25, -0.2) is 0 Å². The number of aryl methyl sites for hydroxylation is 1. The van der Waals surface area contributed by atoms with Gasteiger partial charge in [-0.2, -0.15) is 8.42 Å². The summed E-state index contributed by atoms with van der Waals surface area (Å²) < 4.78 is 28.5. The minimum atomic E-state index is -3.53. The van der Waals surface area contributed by atoms with Crippen LogP contribution in [0, 0.1) is 6.92 Å². The maximum Gasteiger partial charge on any atom is 0.271 e. The van der Waals surface area contributed by atoms with Crippen molar-refractivity contribution in [1.29, 1.82) is 0 Å². The lowest BCUT2D eigenvalue weighted by Gasteiger charge is -2.05. The molecule has 0 atom stereocenters. The maximum absolute atomic E-state index is 11.8. The van der Waals surface area contributed by atoms with E-state index in [0.29, 0.717) is 0 Å². The Balaban J connectivity index is 0.000000269. The van der Waals surface area contributed by atoms with Gasteiger partial charge in [0.1, 0.15) is 5.75 Å². The zero-order chi connectivity index (χ0) is 18.0. The summed E-state index contributed by atoms with van der Waals surface area (Å²) in [5.74, 6) is -0.0966. The van der Waals surface area contributed by atoms with Crippen molar-refractivity contribution in [3.8, 4) is 0 Å². The third-order valence-corrected chi connectivity index (χ3v) is 4.54. The SMILES string of the molecule is Cc1ccccc1.O=S(=O)(Cc1ccccc1)OCc1ccccc1. The van der Waals surface area contributed by atoms with Crippen LogP contribution in [0.25, 0.3) is 0 Å². The maximum atomic E-state index is 11.8. The third kappa shape index (κ3) is 7.79. The molecule has 3 aromatic rings. The van der Waals surface area contributed by atoms with Gasteiger partial charge in [-0.3, -0.25) is 4.18 Å². The van der Waals surface area contributed by atoms with Crippen molar-refractivity contribution in [2.45, 2.75) is 19.3 Å². The van der Waals surface area contributed by atoms with Gasteiger partial charge in [0, 0.05) is 0 Å². The van der Waals surface area contributed by atoms with E-state index < -0.39 is 10.1 Å². The fourth-order valence-corrected chi connectivity index (χ4v) is 3.09. The molecule has 3 aromatic carbocycles. The summed E-state index contributed by atoms with van der Waals surface area (Å²) in [6.07, 6.45) is 0. The quantitative estimate of drug-likeness (QED) is 0.622. The Kier molecular flexibility index (Phi) is 7.38. The highest BCUT2D eigenvalue weighted by Gasteiger charge is 2.12. The van der Waals surface area contributed by atoms with Crippen molar-refractivity contribution in [3.05, 3.63) is 108 Å². The summed E-state index contributed by atoms with van der Waals surface area (Å²) in [7, 11) is -3.53. The van der Waals surface area contributed by atoms with Crippen LogP contribution >= 0.6 is 0 Å². The average Bonchev–Trinajstić information content (AvgIpc) is 2.63. The molecule has 0 bridgehead atoms. The van der Waals surface area contributed by atoms with Crippen molar-refractivity contribution >= 4 is 10.1 Å². The predicted molar refractivity (Wildman–Crippen MR) is 101 cm³/mol.